The number of rotatable bonds is 6. The molecule has 0 aliphatic carbocycles. The molecule has 1 N–H and O–H groups in total. The number of aromatic nitrogens is 1. The standard InChI is InChI=1S/C14H15NO4S2/c1-18-11(16)7-20-13-9-5-3-4-6-10(9)15-14(13)21-8-12(17)19-2/h3-6,15H,7-8H2,1-2H3. The molecule has 112 valence electrons. The van der Waals surface area contributed by atoms with E-state index in [0.29, 0.717) is 0 Å². The quantitative estimate of drug-likeness (QED) is 0.650. The van der Waals surface area contributed by atoms with Crippen LogP contribution in [0.2, 0.25) is 0 Å². The van der Waals surface area contributed by atoms with E-state index in [1.807, 2.05) is 24.3 Å². The Balaban J connectivity index is 2.25. The molecule has 0 radical (unpaired) electrons. The summed E-state index contributed by atoms with van der Waals surface area (Å²) in [5.74, 6) is -0.129. The van der Waals surface area contributed by atoms with Crippen molar-refractivity contribution in [3.05, 3.63) is 24.3 Å². The van der Waals surface area contributed by atoms with Gasteiger partial charge in [0.05, 0.1) is 30.8 Å². The van der Waals surface area contributed by atoms with Gasteiger partial charge in [-0.1, -0.05) is 30.0 Å². The van der Waals surface area contributed by atoms with Crippen LogP contribution in [0.5, 0.6) is 0 Å². The van der Waals surface area contributed by atoms with Crippen molar-refractivity contribution in [2.75, 3.05) is 25.7 Å². The van der Waals surface area contributed by atoms with E-state index in [9.17, 15) is 9.59 Å². The molecule has 1 aromatic heterocycles. The number of hydrogen-bond donors (Lipinski definition) is 1. The van der Waals surface area contributed by atoms with E-state index in [1.54, 1.807) is 0 Å². The van der Waals surface area contributed by atoms with Gasteiger partial charge in [-0.2, -0.15) is 0 Å². The molecule has 0 aliphatic rings. The highest BCUT2D eigenvalue weighted by Crippen LogP contribution is 2.37. The van der Waals surface area contributed by atoms with Gasteiger partial charge >= 0.3 is 11.9 Å². The number of aromatic amines is 1. The highest BCUT2D eigenvalue weighted by Gasteiger charge is 2.15. The molecule has 2 rings (SSSR count). The Kier molecular flexibility index (Phi) is 5.58. The molecular weight excluding hydrogens is 310 g/mol. The molecule has 0 aliphatic heterocycles. The molecule has 7 heteroatoms. The first-order valence-electron chi connectivity index (χ1n) is 6.15. The molecule has 5 nitrogen and oxygen atoms in total. The highest BCUT2D eigenvalue weighted by atomic mass is 32.2. The third-order valence-corrected chi connectivity index (χ3v) is 4.95. The summed E-state index contributed by atoms with van der Waals surface area (Å²) in [5, 5.41) is 1.88. The van der Waals surface area contributed by atoms with Crippen LogP contribution in [0.15, 0.2) is 34.2 Å². The van der Waals surface area contributed by atoms with Crippen molar-refractivity contribution in [2.45, 2.75) is 9.92 Å². The molecule has 2 aromatic rings. The Hall–Kier alpha value is -1.60. The SMILES string of the molecule is COC(=O)CSc1[nH]c2ccccc2c1SCC(=O)OC. The summed E-state index contributed by atoms with van der Waals surface area (Å²) in [6, 6.07) is 7.81. The van der Waals surface area contributed by atoms with E-state index in [-0.39, 0.29) is 23.4 Å². The summed E-state index contributed by atoms with van der Waals surface area (Å²) < 4.78 is 9.31. The lowest BCUT2D eigenvalue weighted by Gasteiger charge is -2.03. The maximum absolute atomic E-state index is 11.3. The lowest BCUT2D eigenvalue weighted by atomic mass is 10.2. The van der Waals surface area contributed by atoms with Crippen molar-refractivity contribution in [3.8, 4) is 0 Å². The summed E-state index contributed by atoms with van der Waals surface area (Å²) in [6.07, 6.45) is 0. The number of H-pyrrole nitrogens is 1. The monoisotopic (exact) mass is 325 g/mol. The second kappa shape index (κ2) is 7.42. The fraction of sp³-hybridized carbons (Fsp3) is 0.286. The summed E-state index contributed by atoms with van der Waals surface area (Å²) in [4.78, 5) is 26.8. The predicted octanol–water partition coefficient (Wildman–Crippen LogP) is 2.70. The summed E-state index contributed by atoms with van der Waals surface area (Å²) in [7, 11) is 2.73. The zero-order valence-electron chi connectivity index (χ0n) is 11.7. The molecule has 0 atom stereocenters. The number of fused-ring (bicyclic) bond motifs is 1. The van der Waals surface area contributed by atoms with E-state index in [0.717, 1.165) is 20.8 Å². The molecule has 0 bridgehead atoms. The second-order valence-electron chi connectivity index (χ2n) is 4.06. The van der Waals surface area contributed by atoms with Crippen molar-refractivity contribution in [2.24, 2.45) is 0 Å². The molecule has 1 aromatic carbocycles. The topological polar surface area (TPSA) is 68.4 Å². The number of carbonyl (C=O) groups excluding carboxylic acids is 2. The summed E-state index contributed by atoms with van der Waals surface area (Å²) >= 11 is 2.76. The number of benzene rings is 1. The molecule has 0 amide bonds. The number of nitrogens with one attached hydrogen (secondary N) is 1. The van der Waals surface area contributed by atoms with Crippen molar-refractivity contribution in [1.82, 2.24) is 4.98 Å². The van der Waals surface area contributed by atoms with Crippen molar-refractivity contribution < 1.29 is 19.1 Å². The van der Waals surface area contributed by atoms with Gasteiger partial charge in [0, 0.05) is 15.8 Å². The minimum atomic E-state index is -0.289. The van der Waals surface area contributed by atoms with Gasteiger partial charge in [0.2, 0.25) is 0 Å². The smallest absolute Gasteiger partial charge is 0.316 e. The molecule has 0 unspecified atom stereocenters. The summed E-state index contributed by atoms with van der Waals surface area (Å²) in [6.45, 7) is 0. The molecule has 0 saturated carbocycles. The maximum Gasteiger partial charge on any atom is 0.316 e. The fourth-order valence-electron chi connectivity index (χ4n) is 1.72. The third kappa shape index (κ3) is 3.95. The minimum absolute atomic E-state index is 0.217. The average Bonchev–Trinajstić information content (AvgIpc) is 2.87. The van der Waals surface area contributed by atoms with Gasteiger partial charge < -0.3 is 14.5 Å². The van der Waals surface area contributed by atoms with E-state index in [4.69, 9.17) is 0 Å². The molecule has 1 heterocycles. The third-order valence-electron chi connectivity index (χ3n) is 2.75. The van der Waals surface area contributed by atoms with E-state index in [1.165, 1.54) is 37.7 Å². The maximum atomic E-state index is 11.3. The number of para-hydroxylation sites is 1. The zero-order chi connectivity index (χ0) is 15.2. The second-order valence-corrected chi connectivity index (χ2v) is 6.03. The minimum Gasteiger partial charge on any atom is -0.468 e. The molecule has 0 fully saturated rings. The van der Waals surface area contributed by atoms with Crippen LogP contribution in [-0.2, 0) is 19.1 Å². The Morgan fingerprint density at radius 3 is 2.33 bits per heavy atom. The number of ether oxygens (including phenoxy) is 2. The van der Waals surface area contributed by atoms with Gasteiger partial charge in [-0.05, 0) is 6.07 Å². The first kappa shape index (κ1) is 15.8. The lowest BCUT2D eigenvalue weighted by Crippen LogP contribution is -2.04. The average molecular weight is 325 g/mol. The van der Waals surface area contributed by atoms with Crippen LogP contribution >= 0.6 is 23.5 Å². The van der Waals surface area contributed by atoms with Crippen LogP contribution in [0.1, 0.15) is 0 Å². The summed E-state index contributed by atoms with van der Waals surface area (Å²) in [5.41, 5.74) is 0.970. The van der Waals surface area contributed by atoms with Crippen LogP contribution < -0.4 is 0 Å². The zero-order valence-corrected chi connectivity index (χ0v) is 13.3. The van der Waals surface area contributed by atoms with Crippen LogP contribution in [0.3, 0.4) is 0 Å². The van der Waals surface area contributed by atoms with Crippen molar-refractivity contribution in [3.63, 3.8) is 0 Å². The van der Waals surface area contributed by atoms with E-state index >= 15 is 0 Å². The van der Waals surface area contributed by atoms with Crippen LogP contribution in [-0.4, -0.2) is 42.6 Å². The number of hydrogen-bond acceptors (Lipinski definition) is 6. The number of esters is 2. The van der Waals surface area contributed by atoms with Crippen LogP contribution in [0.4, 0.5) is 0 Å². The van der Waals surface area contributed by atoms with E-state index in [2.05, 4.69) is 14.5 Å². The van der Waals surface area contributed by atoms with Crippen LogP contribution in [0.25, 0.3) is 10.9 Å². The molecular formula is C14H15NO4S2. The predicted molar refractivity (Wildman–Crippen MR) is 83.8 cm³/mol. The Morgan fingerprint density at radius 2 is 1.67 bits per heavy atom. The Labute approximate surface area is 130 Å². The van der Waals surface area contributed by atoms with Crippen molar-refractivity contribution in [1.29, 1.82) is 0 Å². The first-order chi connectivity index (χ1) is 10.2. The van der Waals surface area contributed by atoms with Gasteiger partial charge in [-0.3, -0.25) is 9.59 Å². The molecule has 21 heavy (non-hydrogen) atoms. The number of carbonyl (C=O) groups is 2. The Bertz CT molecular complexity index is 653. The first-order valence-corrected chi connectivity index (χ1v) is 8.12. The van der Waals surface area contributed by atoms with Gasteiger partial charge in [0.25, 0.3) is 0 Å². The van der Waals surface area contributed by atoms with Gasteiger partial charge in [-0.25, -0.2) is 0 Å². The largest absolute Gasteiger partial charge is 0.468 e. The van der Waals surface area contributed by atoms with Crippen LogP contribution in [0, 0.1) is 0 Å². The van der Waals surface area contributed by atoms with E-state index < -0.39 is 0 Å². The fourth-order valence-corrected chi connectivity index (χ4v) is 3.77. The van der Waals surface area contributed by atoms with Gasteiger partial charge in [0.15, 0.2) is 0 Å². The number of thioether (sulfide) groups is 2. The highest BCUT2D eigenvalue weighted by molar-refractivity contribution is 8.03. The number of methoxy groups -OCH3 is 2. The molecule has 0 spiro atoms. The molecule has 0 saturated heterocycles. The lowest BCUT2D eigenvalue weighted by molar-refractivity contribution is -0.138. The van der Waals surface area contributed by atoms with Gasteiger partial charge in [0.1, 0.15) is 0 Å². The Morgan fingerprint density at radius 1 is 1.05 bits per heavy atom. The van der Waals surface area contributed by atoms with Crippen molar-refractivity contribution >= 4 is 46.4 Å². The normalized spacial score (nSPS) is 10.6. The van der Waals surface area contributed by atoms with Gasteiger partial charge in [-0.15, -0.1) is 11.8 Å².